The van der Waals surface area contributed by atoms with E-state index in [0.29, 0.717) is 22.7 Å². The highest BCUT2D eigenvalue weighted by Gasteiger charge is 2.24. The Morgan fingerprint density at radius 3 is 2.43 bits per heavy atom. The number of benzene rings is 2. The summed E-state index contributed by atoms with van der Waals surface area (Å²) in [6.07, 6.45) is 3.30. The monoisotopic (exact) mass is 397 g/mol. The third kappa shape index (κ3) is 4.93. The molecule has 0 saturated carbocycles. The average molecular weight is 398 g/mol. The molecule has 1 saturated heterocycles. The number of carbonyl (C=O) groups excluding carboxylic acids is 2. The van der Waals surface area contributed by atoms with Crippen molar-refractivity contribution < 1.29 is 9.59 Å². The number of anilines is 1. The minimum absolute atomic E-state index is 0.0840. The van der Waals surface area contributed by atoms with Crippen molar-refractivity contribution in [3.05, 3.63) is 77.3 Å². The lowest BCUT2D eigenvalue weighted by atomic mass is 10.0. The first-order valence-electron chi connectivity index (χ1n) is 9.38. The van der Waals surface area contributed by atoms with Gasteiger partial charge in [0.05, 0.1) is 5.56 Å². The van der Waals surface area contributed by atoms with E-state index in [2.05, 4.69) is 22.1 Å². The Morgan fingerprint density at radius 1 is 1.07 bits per heavy atom. The van der Waals surface area contributed by atoms with Crippen molar-refractivity contribution in [2.24, 2.45) is 0 Å². The van der Waals surface area contributed by atoms with Crippen molar-refractivity contribution in [1.82, 2.24) is 10.6 Å². The van der Waals surface area contributed by atoms with Crippen LogP contribution in [0.4, 0.5) is 5.69 Å². The number of carbonyl (C=O) groups is 2. The number of amides is 2. The largest absolute Gasteiger partial charge is 0.371 e. The van der Waals surface area contributed by atoms with Crippen LogP contribution in [0, 0.1) is 0 Å². The quantitative estimate of drug-likeness (QED) is 0.731. The summed E-state index contributed by atoms with van der Waals surface area (Å²) in [4.78, 5) is 27.0. The van der Waals surface area contributed by atoms with E-state index in [0.717, 1.165) is 31.6 Å². The normalized spacial score (nSPS) is 14.4. The van der Waals surface area contributed by atoms with Gasteiger partial charge in [0.2, 0.25) is 0 Å². The summed E-state index contributed by atoms with van der Waals surface area (Å²) < 4.78 is 0. The highest BCUT2D eigenvalue weighted by Crippen LogP contribution is 2.24. The minimum Gasteiger partial charge on any atom is -0.371 e. The zero-order chi connectivity index (χ0) is 19.9. The van der Waals surface area contributed by atoms with E-state index in [1.807, 2.05) is 24.3 Å². The molecule has 28 heavy (non-hydrogen) atoms. The molecule has 0 spiro atoms. The number of piperidine rings is 1. The molecule has 3 rings (SSSR count). The van der Waals surface area contributed by atoms with E-state index in [1.54, 1.807) is 30.3 Å². The highest BCUT2D eigenvalue weighted by molar-refractivity contribution is 6.30. The van der Waals surface area contributed by atoms with E-state index in [1.165, 1.54) is 0 Å². The van der Waals surface area contributed by atoms with Crippen LogP contribution in [-0.2, 0) is 0 Å². The summed E-state index contributed by atoms with van der Waals surface area (Å²) in [6, 6.07) is 14.6. The van der Waals surface area contributed by atoms with Gasteiger partial charge in [-0.1, -0.05) is 29.8 Å². The zero-order valence-corrected chi connectivity index (χ0v) is 16.4. The fraction of sp³-hybridized carbons (Fsp3) is 0.273. The van der Waals surface area contributed by atoms with Crippen molar-refractivity contribution in [3.63, 3.8) is 0 Å². The Kier molecular flexibility index (Phi) is 6.71. The predicted molar refractivity (Wildman–Crippen MR) is 113 cm³/mol. The Morgan fingerprint density at radius 2 is 1.75 bits per heavy atom. The van der Waals surface area contributed by atoms with Crippen molar-refractivity contribution in [2.45, 2.75) is 18.9 Å². The van der Waals surface area contributed by atoms with E-state index >= 15 is 0 Å². The maximum absolute atomic E-state index is 12.4. The lowest BCUT2D eigenvalue weighted by Crippen LogP contribution is -2.45. The topological polar surface area (TPSA) is 61.4 Å². The molecule has 0 atom stereocenters. The summed E-state index contributed by atoms with van der Waals surface area (Å²) >= 11 is 5.87. The molecule has 146 valence electrons. The Balaban J connectivity index is 1.60. The van der Waals surface area contributed by atoms with Crippen LogP contribution in [0.2, 0.25) is 5.02 Å². The highest BCUT2D eigenvalue weighted by atomic mass is 35.5. The average Bonchev–Trinajstić information content (AvgIpc) is 2.73. The molecule has 1 aliphatic rings. The molecule has 1 aliphatic heterocycles. The number of nitrogens with one attached hydrogen (secondary N) is 2. The lowest BCUT2D eigenvalue weighted by Gasteiger charge is -2.35. The molecule has 1 heterocycles. The summed E-state index contributed by atoms with van der Waals surface area (Å²) in [6.45, 7) is 5.62. The third-order valence-electron chi connectivity index (χ3n) is 4.83. The van der Waals surface area contributed by atoms with Crippen molar-refractivity contribution in [2.75, 3.05) is 24.5 Å². The second kappa shape index (κ2) is 9.42. The molecule has 2 aromatic carbocycles. The van der Waals surface area contributed by atoms with Crippen LogP contribution in [0.3, 0.4) is 0 Å². The smallest absolute Gasteiger partial charge is 0.253 e. The zero-order valence-electron chi connectivity index (χ0n) is 15.7. The van der Waals surface area contributed by atoms with Gasteiger partial charge in [-0.2, -0.15) is 0 Å². The molecule has 2 aromatic rings. The first-order valence-corrected chi connectivity index (χ1v) is 9.76. The van der Waals surface area contributed by atoms with Gasteiger partial charge in [-0.05, 0) is 49.2 Å². The number of hydrogen-bond donors (Lipinski definition) is 2. The Bertz CT molecular complexity index is 843. The molecule has 0 aromatic heterocycles. The number of halogens is 1. The first kappa shape index (κ1) is 20.0. The van der Waals surface area contributed by atoms with Gasteiger partial charge in [-0.25, -0.2) is 0 Å². The summed E-state index contributed by atoms with van der Waals surface area (Å²) in [5.74, 6) is -0.187. The summed E-state index contributed by atoms with van der Waals surface area (Å²) in [5, 5.41) is 6.54. The molecule has 2 amide bonds. The molecule has 1 fully saturated rings. The van der Waals surface area contributed by atoms with E-state index in [-0.39, 0.29) is 17.9 Å². The van der Waals surface area contributed by atoms with Crippen molar-refractivity contribution >= 4 is 29.1 Å². The standard InChI is InChI=1S/C22H24ClN3O2/c1-2-13-24-22(28)19-5-3-4-6-20(19)26-14-11-18(12-15-26)25-21(27)16-7-9-17(23)10-8-16/h2-10,18H,1,11-15H2,(H,24,28)(H,25,27). The minimum atomic E-state index is -0.103. The van der Waals surface area contributed by atoms with Gasteiger partial charge in [0.15, 0.2) is 0 Å². The van der Waals surface area contributed by atoms with Gasteiger partial charge in [0.1, 0.15) is 0 Å². The van der Waals surface area contributed by atoms with Crippen LogP contribution in [0.1, 0.15) is 33.6 Å². The number of para-hydroxylation sites is 1. The van der Waals surface area contributed by atoms with Crippen molar-refractivity contribution in [1.29, 1.82) is 0 Å². The maximum atomic E-state index is 12.4. The molecule has 0 unspecified atom stereocenters. The van der Waals surface area contributed by atoms with Gasteiger partial charge in [-0.3, -0.25) is 9.59 Å². The van der Waals surface area contributed by atoms with Crippen LogP contribution < -0.4 is 15.5 Å². The number of hydrogen-bond acceptors (Lipinski definition) is 3. The second-order valence-corrected chi connectivity index (χ2v) is 7.19. The fourth-order valence-electron chi connectivity index (χ4n) is 3.34. The summed E-state index contributed by atoms with van der Waals surface area (Å²) in [5.41, 5.74) is 2.19. The number of rotatable bonds is 6. The number of nitrogens with zero attached hydrogens (tertiary/aromatic N) is 1. The molecule has 0 bridgehead atoms. The van der Waals surface area contributed by atoms with E-state index in [9.17, 15) is 9.59 Å². The molecule has 0 aliphatic carbocycles. The van der Waals surface area contributed by atoms with Crippen LogP contribution in [0.15, 0.2) is 61.2 Å². The van der Waals surface area contributed by atoms with Crippen LogP contribution in [-0.4, -0.2) is 37.5 Å². The second-order valence-electron chi connectivity index (χ2n) is 6.76. The lowest BCUT2D eigenvalue weighted by molar-refractivity contribution is 0.0930. The molecular weight excluding hydrogens is 374 g/mol. The molecule has 5 nitrogen and oxygen atoms in total. The molecule has 0 radical (unpaired) electrons. The van der Waals surface area contributed by atoms with Gasteiger partial charge < -0.3 is 15.5 Å². The molecule has 2 N–H and O–H groups in total. The van der Waals surface area contributed by atoms with Gasteiger partial charge >= 0.3 is 0 Å². The van der Waals surface area contributed by atoms with E-state index in [4.69, 9.17) is 11.6 Å². The Hall–Kier alpha value is -2.79. The van der Waals surface area contributed by atoms with Gasteiger partial charge in [-0.15, -0.1) is 6.58 Å². The van der Waals surface area contributed by atoms with Crippen LogP contribution in [0.5, 0.6) is 0 Å². The Labute approximate surface area is 170 Å². The molecular formula is C22H24ClN3O2. The third-order valence-corrected chi connectivity index (χ3v) is 5.08. The van der Waals surface area contributed by atoms with Gasteiger partial charge in [0.25, 0.3) is 11.8 Å². The van der Waals surface area contributed by atoms with Crippen molar-refractivity contribution in [3.8, 4) is 0 Å². The molecule has 6 heteroatoms. The van der Waals surface area contributed by atoms with Gasteiger partial charge in [0, 0.05) is 41.9 Å². The summed E-state index contributed by atoms with van der Waals surface area (Å²) in [7, 11) is 0. The SMILES string of the molecule is C=CCNC(=O)c1ccccc1N1CCC(NC(=O)c2ccc(Cl)cc2)CC1. The fourth-order valence-corrected chi connectivity index (χ4v) is 3.46. The predicted octanol–water partition coefficient (Wildman–Crippen LogP) is 3.65. The van der Waals surface area contributed by atoms with E-state index < -0.39 is 0 Å². The van der Waals surface area contributed by atoms with Crippen LogP contribution in [0.25, 0.3) is 0 Å². The maximum Gasteiger partial charge on any atom is 0.253 e. The van der Waals surface area contributed by atoms with Crippen LogP contribution >= 0.6 is 11.6 Å². The first-order chi connectivity index (χ1) is 13.6.